The van der Waals surface area contributed by atoms with Crippen molar-refractivity contribution in [3.63, 3.8) is 0 Å². The lowest BCUT2D eigenvalue weighted by Gasteiger charge is -2.07. The van der Waals surface area contributed by atoms with Crippen LogP contribution >= 0.6 is 0 Å². The molecule has 0 saturated carbocycles. The van der Waals surface area contributed by atoms with Gasteiger partial charge in [0.2, 0.25) is 5.69 Å². The third kappa shape index (κ3) is 2.07. The van der Waals surface area contributed by atoms with Gasteiger partial charge in [-0.05, 0) is 6.07 Å². The van der Waals surface area contributed by atoms with Crippen LogP contribution in [0.25, 0.3) is 16.7 Å². The van der Waals surface area contributed by atoms with E-state index in [4.69, 9.17) is 4.42 Å². The highest BCUT2D eigenvalue weighted by atomic mass is 16.4. The summed E-state index contributed by atoms with van der Waals surface area (Å²) in [5.74, 6) is -0.212. The van der Waals surface area contributed by atoms with Gasteiger partial charge >= 0.3 is 5.76 Å². The number of allylic oxidation sites excluding steroid dienone is 4. The summed E-state index contributed by atoms with van der Waals surface area (Å²) in [6.45, 7) is 0. The summed E-state index contributed by atoms with van der Waals surface area (Å²) in [6.07, 6.45) is 10.0. The van der Waals surface area contributed by atoms with Crippen molar-refractivity contribution in [1.82, 2.24) is 0 Å². The molecule has 0 spiro atoms. The van der Waals surface area contributed by atoms with E-state index in [9.17, 15) is 4.79 Å². The minimum Gasteiger partial charge on any atom is -0.371 e. The Morgan fingerprint density at radius 1 is 0.909 bits per heavy atom. The molecule has 106 valence electrons. The fraction of sp³-hybridized carbons (Fsp3) is 0.0526. The van der Waals surface area contributed by atoms with Crippen molar-refractivity contribution < 1.29 is 8.98 Å². The Hall–Kier alpha value is -2.94. The minimum atomic E-state index is -0.378. The molecule has 1 heterocycles. The predicted octanol–water partition coefficient (Wildman–Crippen LogP) is 3.28. The Morgan fingerprint density at radius 2 is 1.68 bits per heavy atom. The van der Waals surface area contributed by atoms with E-state index >= 15 is 0 Å². The molecule has 0 fully saturated rings. The maximum atomic E-state index is 12.4. The molecule has 0 unspecified atom stereocenters. The van der Waals surface area contributed by atoms with Gasteiger partial charge in [-0.3, -0.25) is 0 Å². The van der Waals surface area contributed by atoms with E-state index < -0.39 is 0 Å². The lowest BCUT2D eigenvalue weighted by molar-refractivity contribution is -0.623. The van der Waals surface area contributed by atoms with Gasteiger partial charge in [0, 0.05) is 23.6 Å². The second-order valence-corrected chi connectivity index (χ2v) is 5.26. The van der Waals surface area contributed by atoms with Crippen molar-refractivity contribution in [3.05, 3.63) is 95.1 Å². The van der Waals surface area contributed by atoms with E-state index in [0.717, 1.165) is 16.6 Å². The van der Waals surface area contributed by atoms with Gasteiger partial charge in [0.1, 0.15) is 0 Å². The lowest BCUT2D eigenvalue weighted by atomic mass is 9.99. The monoisotopic (exact) mass is 288 g/mol. The number of fused-ring (bicyclic) bond motifs is 1. The van der Waals surface area contributed by atoms with Gasteiger partial charge in [-0.1, -0.05) is 59.2 Å². The van der Waals surface area contributed by atoms with Crippen LogP contribution in [0.5, 0.6) is 0 Å². The van der Waals surface area contributed by atoms with Gasteiger partial charge in [0.25, 0.3) is 0 Å². The largest absolute Gasteiger partial charge is 0.608 e. The highest BCUT2D eigenvalue weighted by Crippen LogP contribution is 2.28. The summed E-state index contributed by atoms with van der Waals surface area (Å²) in [5, 5.41) is 0.912. The first-order valence-electron chi connectivity index (χ1n) is 7.22. The molecule has 0 saturated heterocycles. The fourth-order valence-electron chi connectivity index (χ4n) is 2.79. The van der Waals surface area contributed by atoms with Gasteiger partial charge in [0.15, 0.2) is 11.8 Å². The Labute approximate surface area is 127 Å². The molecular weight excluding hydrogens is 274 g/mol. The van der Waals surface area contributed by atoms with Gasteiger partial charge in [-0.15, -0.1) is 0 Å². The highest BCUT2D eigenvalue weighted by Gasteiger charge is 2.19. The van der Waals surface area contributed by atoms with Gasteiger partial charge in [-0.2, -0.15) is 4.79 Å². The van der Waals surface area contributed by atoms with Crippen LogP contribution in [0.15, 0.2) is 88.2 Å². The zero-order chi connectivity index (χ0) is 14.9. The second-order valence-electron chi connectivity index (χ2n) is 5.26. The summed E-state index contributed by atoms with van der Waals surface area (Å²) in [7, 11) is 0. The zero-order valence-electron chi connectivity index (χ0n) is 11.8. The molecule has 1 aliphatic carbocycles. The van der Waals surface area contributed by atoms with Crippen molar-refractivity contribution in [2.45, 2.75) is 5.92 Å². The van der Waals surface area contributed by atoms with Gasteiger partial charge in [0.05, 0.1) is 5.39 Å². The third-order valence-electron chi connectivity index (χ3n) is 3.87. The summed E-state index contributed by atoms with van der Waals surface area (Å²) >= 11 is 0. The summed E-state index contributed by atoms with van der Waals surface area (Å²) in [5.41, 5.74) is 2.46. The average Bonchev–Trinajstić information content (AvgIpc) is 3.09. The van der Waals surface area contributed by atoms with E-state index in [1.807, 2.05) is 66.9 Å². The summed E-state index contributed by atoms with van der Waals surface area (Å²) in [6, 6.07) is 15.4. The molecule has 0 amide bonds. The number of hydrogen-bond acceptors (Lipinski definition) is 2. The van der Waals surface area contributed by atoms with Crippen LogP contribution in [0.1, 0.15) is 11.5 Å². The number of para-hydroxylation sites is 2. The zero-order valence-corrected chi connectivity index (χ0v) is 11.8. The number of hydrogen-bond donors (Lipinski definition) is 0. The van der Waals surface area contributed by atoms with E-state index in [1.165, 1.54) is 4.57 Å². The van der Waals surface area contributed by atoms with Gasteiger partial charge in [-0.25, -0.2) is 0 Å². The molecule has 0 aliphatic heterocycles. The van der Waals surface area contributed by atoms with E-state index in [-0.39, 0.29) is 11.7 Å². The number of aromatic nitrogens is 1. The molecule has 0 radical (unpaired) electrons. The van der Waals surface area contributed by atoms with Crippen molar-refractivity contribution in [3.8, 4) is 5.69 Å². The molecule has 1 aliphatic rings. The number of rotatable bonds is 2. The lowest BCUT2D eigenvalue weighted by Crippen LogP contribution is -2.46. The second kappa shape index (κ2) is 5.11. The van der Waals surface area contributed by atoms with E-state index in [1.54, 1.807) is 0 Å². The van der Waals surface area contributed by atoms with E-state index in [0.29, 0.717) is 5.58 Å². The minimum absolute atomic E-state index is 0.166. The van der Waals surface area contributed by atoms with Crippen LogP contribution in [-0.4, -0.2) is 0 Å². The Balaban J connectivity index is 1.95. The quantitative estimate of drug-likeness (QED) is 0.678. The molecule has 1 aromatic heterocycles. The normalized spacial score (nSPS) is 14.0. The van der Waals surface area contributed by atoms with Crippen molar-refractivity contribution in [2.24, 2.45) is 0 Å². The first-order valence-corrected chi connectivity index (χ1v) is 7.22. The van der Waals surface area contributed by atoms with Crippen LogP contribution in [0.3, 0.4) is 0 Å². The molecule has 3 heteroatoms. The first-order chi connectivity index (χ1) is 10.8. The molecule has 22 heavy (non-hydrogen) atoms. The van der Waals surface area contributed by atoms with Crippen molar-refractivity contribution in [1.29, 1.82) is 0 Å². The van der Waals surface area contributed by atoms with Crippen LogP contribution in [0.2, 0.25) is 0 Å². The SMILES string of the molecule is O=c1oc2c(C3C=CC=C3)cccc2c[n+]1-c1ccccc1. The van der Waals surface area contributed by atoms with Crippen molar-refractivity contribution in [2.75, 3.05) is 0 Å². The smallest absolute Gasteiger partial charge is 0.371 e. The number of nitrogens with zero attached hydrogens (tertiary/aromatic N) is 1. The molecule has 0 bridgehead atoms. The number of benzene rings is 2. The molecule has 3 aromatic rings. The average molecular weight is 288 g/mol. The summed E-state index contributed by atoms with van der Waals surface area (Å²) < 4.78 is 7.16. The predicted molar refractivity (Wildman–Crippen MR) is 85.0 cm³/mol. The van der Waals surface area contributed by atoms with Crippen LogP contribution in [-0.2, 0) is 0 Å². The Morgan fingerprint density at radius 3 is 2.45 bits per heavy atom. The standard InChI is InChI=1S/C19H14NO2/c21-19-20(16-10-2-1-3-11-16)13-15-9-6-12-17(18(15)22-19)14-7-4-5-8-14/h1-14H/q+1. The maximum Gasteiger partial charge on any atom is 0.608 e. The molecule has 0 atom stereocenters. The maximum absolute atomic E-state index is 12.4. The van der Waals surface area contributed by atoms with E-state index in [2.05, 4.69) is 12.2 Å². The fourth-order valence-corrected chi connectivity index (χ4v) is 2.79. The van der Waals surface area contributed by atoms with Crippen LogP contribution in [0.4, 0.5) is 0 Å². The molecule has 2 aromatic carbocycles. The highest BCUT2D eigenvalue weighted by molar-refractivity contribution is 5.79. The Bertz CT molecular complexity index is 940. The molecule has 0 N–H and O–H groups in total. The molecule has 4 rings (SSSR count). The van der Waals surface area contributed by atoms with Crippen LogP contribution < -0.4 is 10.3 Å². The third-order valence-corrected chi connectivity index (χ3v) is 3.87. The Kier molecular flexibility index (Phi) is 2.97. The molecule has 3 nitrogen and oxygen atoms in total. The van der Waals surface area contributed by atoms with Gasteiger partial charge < -0.3 is 4.42 Å². The van der Waals surface area contributed by atoms with Crippen LogP contribution in [0, 0.1) is 0 Å². The molecular formula is C19H14NO2+. The first kappa shape index (κ1) is 12.8. The topological polar surface area (TPSA) is 34.1 Å². The van der Waals surface area contributed by atoms with Crippen molar-refractivity contribution >= 4 is 11.0 Å². The summed E-state index contributed by atoms with van der Waals surface area (Å²) in [4.78, 5) is 12.4.